The van der Waals surface area contributed by atoms with E-state index in [9.17, 15) is 14.3 Å². The van der Waals surface area contributed by atoms with Crippen molar-refractivity contribution in [3.63, 3.8) is 0 Å². The first-order valence-corrected chi connectivity index (χ1v) is 8.26. The molecular weight excluding hydrogens is 337 g/mol. The minimum Gasteiger partial charge on any atom is -0.493 e. The van der Waals surface area contributed by atoms with Gasteiger partial charge in [-0.2, -0.15) is 0 Å². The second kappa shape index (κ2) is 8.53. The van der Waals surface area contributed by atoms with Crippen molar-refractivity contribution in [3.8, 4) is 5.75 Å². The van der Waals surface area contributed by atoms with Crippen LogP contribution in [0.3, 0.4) is 0 Å². The monoisotopic (exact) mass is 361 g/mol. The number of halogens is 2. The number of hydrogen-bond donors (Lipinski definition) is 2. The molecule has 0 radical (unpaired) electrons. The summed E-state index contributed by atoms with van der Waals surface area (Å²) in [6.45, 7) is 8.89. The zero-order valence-electron chi connectivity index (χ0n) is 14.7. The average molecular weight is 362 g/mol. The lowest BCUT2D eigenvalue weighted by Crippen LogP contribution is -2.35. The molecule has 0 aliphatic rings. The number of aliphatic hydroxyl groups excluding tert-OH is 1. The van der Waals surface area contributed by atoms with E-state index in [1.807, 2.05) is 6.92 Å². The highest BCUT2D eigenvalue weighted by molar-refractivity contribution is 6.31. The quantitative estimate of drug-likeness (QED) is 0.803. The van der Waals surface area contributed by atoms with Crippen LogP contribution in [0.25, 0.3) is 0 Å². The molecule has 1 aromatic carbocycles. The van der Waals surface area contributed by atoms with Gasteiger partial charge in [-0.1, -0.05) is 18.5 Å². The molecule has 0 bridgehead atoms. The Morgan fingerprint density at radius 2 is 2.04 bits per heavy atom. The number of aliphatic hydroxyl groups is 1. The predicted octanol–water partition coefficient (Wildman–Crippen LogP) is 4.00. The van der Waals surface area contributed by atoms with Crippen LogP contribution in [0, 0.1) is 5.82 Å². The highest BCUT2D eigenvalue weighted by atomic mass is 35.5. The normalized spacial score (nSPS) is 12.7. The minimum absolute atomic E-state index is 0.0581. The van der Waals surface area contributed by atoms with E-state index in [0.717, 1.165) is 0 Å². The van der Waals surface area contributed by atoms with Gasteiger partial charge in [-0.3, -0.25) is 0 Å². The van der Waals surface area contributed by atoms with E-state index in [2.05, 4.69) is 5.32 Å². The van der Waals surface area contributed by atoms with Crippen LogP contribution >= 0.6 is 11.6 Å². The zero-order valence-corrected chi connectivity index (χ0v) is 15.5. The van der Waals surface area contributed by atoms with E-state index in [0.29, 0.717) is 18.6 Å². The van der Waals surface area contributed by atoms with Crippen molar-refractivity contribution in [1.82, 2.24) is 5.32 Å². The maximum atomic E-state index is 14.4. The lowest BCUT2D eigenvalue weighted by molar-refractivity contribution is 0.0488. The third-order valence-corrected chi connectivity index (χ3v) is 3.40. The molecule has 0 saturated heterocycles. The summed E-state index contributed by atoms with van der Waals surface area (Å²) in [6.07, 6.45) is -1.45. The number of rotatable bonds is 6. The van der Waals surface area contributed by atoms with E-state index in [-0.39, 0.29) is 22.9 Å². The molecule has 1 rings (SSSR count). The summed E-state index contributed by atoms with van der Waals surface area (Å²) in [5, 5.41) is 12.7. The van der Waals surface area contributed by atoms with E-state index in [1.54, 1.807) is 27.7 Å². The summed E-state index contributed by atoms with van der Waals surface area (Å²) < 4.78 is 25.0. The number of alkyl carbamates (subject to hydrolysis) is 1. The smallest absolute Gasteiger partial charge is 0.407 e. The Morgan fingerprint density at radius 1 is 1.42 bits per heavy atom. The maximum Gasteiger partial charge on any atom is 0.407 e. The number of hydrogen-bond acceptors (Lipinski definition) is 4. The second-order valence-corrected chi connectivity index (χ2v) is 6.67. The van der Waals surface area contributed by atoms with Crippen molar-refractivity contribution in [2.75, 3.05) is 13.2 Å². The number of nitrogens with one attached hydrogen (secondary N) is 1. The molecule has 0 aromatic heterocycles. The molecule has 1 unspecified atom stereocenters. The molecule has 7 heteroatoms. The van der Waals surface area contributed by atoms with Gasteiger partial charge < -0.3 is 19.9 Å². The molecule has 136 valence electrons. The summed E-state index contributed by atoms with van der Waals surface area (Å²) in [7, 11) is 0. The van der Waals surface area contributed by atoms with Gasteiger partial charge in [0.25, 0.3) is 0 Å². The van der Waals surface area contributed by atoms with E-state index in [1.165, 1.54) is 6.07 Å². The van der Waals surface area contributed by atoms with E-state index < -0.39 is 23.6 Å². The van der Waals surface area contributed by atoms with Gasteiger partial charge in [0.15, 0.2) is 5.82 Å². The van der Waals surface area contributed by atoms with Crippen LogP contribution in [0.15, 0.2) is 6.07 Å². The van der Waals surface area contributed by atoms with Gasteiger partial charge in [0.2, 0.25) is 0 Å². The van der Waals surface area contributed by atoms with Crippen LogP contribution in [0.1, 0.15) is 51.8 Å². The van der Waals surface area contributed by atoms with Gasteiger partial charge in [-0.15, -0.1) is 0 Å². The van der Waals surface area contributed by atoms with Crippen molar-refractivity contribution < 1.29 is 23.8 Å². The summed E-state index contributed by atoms with van der Waals surface area (Å²) in [5.74, 6) is -0.490. The highest BCUT2D eigenvalue weighted by Gasteiger charge is 2.25. The number of benzene rings is 1. The van der Waals surface area contributed by atoms with Crippen LogP contribution in [0.5, 0.6) is 5.75 Å². The lowest BCUT2D eigenvalue weighted by Gasteiger charge is -2.22. The van der Waals surface area contributed by atoms with Gasteiger partial charge in [0.05, 0.1) is 23.7 Å². The molecule has 0 aliphatic carbocycles. The minimum atomic E-state index is -1.32. The first-order chi connectivity index (χ1) is 11.1. The van der Waals surface area contributed by atoms with Crippen molar-refractivity contribution in [2.45, 2.75) is 52.7 Å². The average Bonchev–Trinajstić information content (AvgIpc) is 2.47. The topological polar surface area (TPSA) is 67.8 Å². The molecular formula is C17H25ClFNO4. The number of carbonyl (C=O) groups excluding carboxylic acids is 1. The molecule has 2 N–H and O–H groups in total. The van der Waals surface area contributed by atoms with Gasteiger partial charge in [0, 0.05) is 0 Å². The Morgan fingerprint density at radius 3 is 2.54 bits per heavy atom. The number of aryl methyl sites for hydroxylation is 1. The number of carbonyl (C=O) groups is 1. The lowest BCUT2D eigenvalue weighted by atomic mass is 10.0. The maximum absolute atomic E-state index is 14.4. The Balaban J connectivity index is 3.02. The third-order valence-electron chi connectivity index (χ3n) is 3.12. The van der Waals surface area contributed by atoms with Crippen molar-refractivity contribution in [1.29, 1.82) is 0 Å². The van der Waals surface area contributed by atoms with Crippen LogP contribution in [0.2, 0.25) is 5.02 Å². The number of amides is 1. The largest absolute Gasteiger partial charge is 0.493 e. The molecule has 24 heavy (non-hydrogen) atoms. The van der Waals surface area contributed by atoms with Gasteiger partial charge in [-0.05, 0) is 45.7 Å². The first-order valence-electron chi connectivity index (χ1n) is 7.89. The van der Waals surface area contributed by atoms with E-state index in [4.69, 9.17) is 21.1 Å². The molecule has 0 spiro atoms. The fourth-order valence-corrected chi connectivity index (χ4v) is 2.39. The Hall–Kier alpha value is -1.53. The van der Waals surface area contributed by atoms with Crippen LogP contribution in [-0.4, -0.2) is 30.0 Å². The van der Waals surface area contributed by atoms with Crippen LogP contribution in [0.4, 0.5) is 9.18 Å². The van der Waals surface area contributed by atoms with Crippen LogP contribution < -0.4 is 10.1 Å². The fraction of sp³-hybridized carbons (Fsp3) is 0.588. The Bertz CT molecular complexity index is 587. The third kappa shape index (κ3) is 5.53. The Kier molecular flexibility index (Phi) is 7.29. The molecule has 0 heterocycles. The van der Waals surface area contributed by atoms with Gasteiger partial charge >= 0.3 is 6.09 Å². The predicted molar refractivity (Wildman–Crippen MR) is 91.2 cm³/mol. The van der Waals surface area contributed by atoms with Gasteiger partial charge in [0.1, 0.15) is 17.5 Å². The summed E-state index contributed by atoms with van der Waals surface area (Å²) >= 11 is 5.91. The van der Waals surface area contributed by atoms with Crippen molar-refractivity contribution >= 4 is 17.7 Å². The standard InChI is InChI=1S/C17H25ClFNO4/c1-6-10-8-11(18)14(19)13(15(10)23-7-2)12(21)9-20-16(22)24-17(3,4)5/h8,12,21H,6-7,9H2,1-5H3,(H,20,22). The SMILES string of the molecule is CCOc1c(CC)cc(Cl)c(F)c1C(O)CNC(=O)OC(C)(C)C. The molecule has 1 amide bonds. The van der Waals surface area contributed by atoms with Crippen LogP contribution in [-0.2, 0) is 11.2 Å². The Labute approximate surface area is 147 Å². The van der Waals surface area contributed by atoms with Crippen molar-refractivity contribution in [3.05, 3.63) is 28.0 Å². The highest BCUT2D eigenvalue weighted by Crippen LogP contribution is 2.36. The molecule has 5 nitrogen and oxygen atoms in total. The fourth-order valence-electron chi connectivity index (χ4n) is 2.15. The molecule has 0 saturated carbocycles. The van der Waals surface area contributed by atoms with Crippen molar-refractivity contribution in [2.24, 2.45) is 0 Å². The summed E-state index contributed by atoms with van der Waals surface area (Å²) in [5.41, 5.74) is -0.0332. The summed E-state index contributed by atoms with van der Waals surface area (Å²) in [6, 6.07) is 1.49. The van der Waals surface area contributed by atoms with Gasteiger partial charge in [-0.25, -0.2) is 9.18 Å². The molecule has 0 aliphatic heterocycles. The first kappa shape index (κ1) is 20.5. The zero-order chi connectivity index (χ0) is 18.5. The van der Waals surface area contributed by atoms with E-state index >= 15 is 0 Å². The second-order valence-electron chi connectivity index (χ2n) is 6.26. The summed E-state index contributed by atoms with van der Waals surface area (Å²) in [4.78, 5) is 11.7. The molecule has 0 fully saturated rings. The molecule has 1 atom stereocenters. The number of ether oxygens (including phenoxy) is 2. The molecule has 1 aromatic rings.